The molecular formula is C26H24F2N4O2S. The Labute approximate surface area is 204 Å². The van der Waals surface area contributed by atoms with Crippen LogP contribution in [0.2, 0.25) is 0 Å². The zero-order chi connectivity index (χ0) is 24.6. The van der Waals surface area contributed by atoms with Gasteiger partial charge in [-0.05, 0) is 24.3 Å². The second-order valence-electron chi connectivity index (χ2n) is 8.84. The van der Waals surface area contributed by atoms with E-state index in [-0.39, 0.29) is 33.7 Å². The summed E-state index contributed by atoms with van der Waals surface area (Å²) >= 11 is 1.07. The number of carbonyl (C=O) groups excluding carboxylic acids is 1. The van der Waals surface area contributed by atoms with E-state index in [4.69, 9.17) is 0 Å². The van der Waals surface area contributed by atoms with Crippen LogP contribution in [0.3, 0.4) is 0 Å². The summed E-state index contributed by atoms with van der Waals surface area (Å²) in [4.78, 5) is 38.6. The summed E-state index contributed by atoms with van der Waals surface area (Å²) in [5.41, 5.74) is 0.134. The number of ketones is 1. The fourth-order valence-electron chi connectivity index (χ4n) is 4.54. The number of benzene rings is 2. The highest BCUT2D eigenvalue weighted by Gasteiger charge is 2.38. The Hall–Kier alpha value is -3.46. The average Bonchev–Trinajstić information content (AvgIpc) is 3.52. The van der Waals surface area contributed by atoms with Gasteiger partial charge in [-0.3, -0.25) is 9.59 Å². The molecule has 0 bridgehead atoms. The maximum absolute atomic E-state index is 15.0. The summed E-state index contributed by atoms with van der Waals surface area (Å²) in [5.74, 6) is -3.99. The number of alkyl halides is 2. The molecule has 1 N–H and O–H groups in total. The number of hydrogen-bond donors (Lipinski definition) is 1. The van der Waals surface area contributed by atoms with Gasteiger partial charge in [-0.15, -0.1) is 0 Å². The molecular weight excluding hydrogens is 470 g/mol. The average molecular weight is 495 g/mol. The first-order valence-electron chi connectivity index (χ1n) is 11.5. The van der Waals surface area contributed by atoms with Gasteiger partial charge in [-0.2, -0.15) is 8.78 Å². The van der Waals surface area contributed by atoms with Crippen molar-refractivity contribution in [2.45, 2.75) is 44.1 Å². The van der Waals surface area contributed by atoms with Crippen LogP contribution in [0.25, 0.3) is 10.3 Å². The predicted octanol–water partition coefficient (Wildman–Crippen LogP) is 5.25. The molecule has 1 aliphatic rings. The Bertz CT molecular complexity index is 1410. The number of aromatic amines is 1. The number of carbonyl (C=O) groups is 1. The maximum Gasteiger partial charge on any atom is 0.330 e. The quantitative estimate of drug-likeness (QED) is 0.380. The first-order chi connectivity index (χ1) is 16.8. The molecule has 2 aromatic heterocycles. The van der Waals surface area contributed by atoms with Crippen LogP contribution in [-0.4, -0.2) is 33.3 Å². The Balaban J connectivity index is 1.42. The molecule has 9 heteroatoms. The molecule has 2 atom stereocenters. The molecule has 1 saturated heterocycles. The Morgan fingerprint density at radius 2 is 1.83 bits per heavy atom. The Morgan fingerprint density at radius 1 is 1.14 bits per heavy atom. The van der Waals surface area contributed by atoms with Crippen molar-refractivity contribution in [2.75, 3.05) is 11.4 Å². The molecule has 5 rings (SSSR count). The van der Waals surface area contributed by atoms with Crippen molar-refractivity contribution in [2.24, 2.45) is 0 Å². The number of anilines is 1. The van der Waals surface area contributed by atoms with Crippen LogP contribution in [0, 0.1) is 0 Å². The smallest absolute Gasteiger partial charge is 0.330 e. The summed E-state index contributed by atoms with van der Waals surface area (Å²) in [6, 6.07) is 16.8. The lowest BCUT2D eigenvalue weighted by Gasteiger charge is -2.24. The van der Waals surface area contributed by atoms with E-state index in [1.54, 1.807) is 6.07 Å². The number of nitrogens with one attached hydrogen (secondary N) is 1. The lowest BCUT2D eigenvalue weighted by molar-refractivity contribution is -0.120. The first-order valence-corrected chi connectivity index (χ1v) is 12.3. The van der Waals surface area contributed by atoms with Gasteiger partial charge < -0.3 is 9.88 Å². The summed E-state index contributed by atoms with van der Waals surface area (Å²) in [6.45, 7) is 2.64. The first kappa shape index (κ1) is 23.3. The highest BCUT2D eigenvalue weighted by atomic mass is 32.1. The summed E-state index contributed by atoms with van der Waals surface area (Å²) in [7, 11) is 0. The van der Waals surface area contributed by atoms with E-state index >= 15 is 8.78 Å². The van der Waals surface area contributed by atoms with Crippen LogP contribution in [0.4, 0.5) is 13.9 Å². The van der Waals surface area contributed by atoms with Crippen molar-refractivity contribution >= 4 is 32.6 Å². The molecule has 0 aliphatic carbocycles. The van der Waals surface area contributed by atoms with E-state index in [2.05, 4.69) is 15.0 Å². The number of nitrogens with zero attached hydrogens (tertiary/aromatic N) is 3. The second-order valence-corrected chi connectivity index (χ2v) is 9.79. The van der Waals surface area contributed by atoms with Gasteiger partial charge in [0.05, 0.1) is 6.04 Å². The van der Waals surface area contributed by atoms with Crippen molar-refractivity contribution in [3.05, 3.63) is 88.0 Å². The van der Waals surface area contributed by atoms with E-state index < -0.39 is 17.3 Å². The highest BCUT2D eigenvalue weighted by molar-refractivity contribution is 7.21. The van der Waals surface area contributed by atoms with Crippen LogP contribution in [0.5, 0.6) is 0 Å². The minimum atomic E-state index is -3.46. The monoisotopic (exact) mass is 494 g/mol. The molecule has 6 nitrogen and oxygen atoms in total. The lowest BCUT2D eigenvalue weighted by Crippen LogP contribution is -2.36. The van der Waals surface area contributed by atoms with Gasteiger partial charge >= 0.3 is 5.92 Å². The zero-order valence-electron chi connectivity index (χ0n) is 19.1. The number of Topliss-reactive ketones (excluding diaryl/α,β-unsaturated/α-hetero) is 1. The number of halogens is 2. The molecule has 0 unspecified atom stereocenters. The molecule has 35 heavy (non-hydrogen) atoms. The normalized spacial score (nSPS) is 17.1. The van der Waals surface area contributed by atoms with Crippen LogP contribution >= 0.6 is 11.3 Å². The molecule has 0 radical (unpaired) electrons. The number of H-pyrrole nitrogens is 1. The molecule has 2 aromatic carbocycles. The number of thiazole rings is 1. The van der Waals surface area contributed by atoms with Crippen LogP contribution in [-0.2, 0) is 10.7 Å². The van der Waals surface area contributed by atoms with E-state index in [9.17, 15) is 9.59 Å². The van der Waals surface area contributed by atoms with Crippen molar-refractivity contribution in [3.8, 4) is 0 Å². The van der Waals surface area contributed by atoms with E-state index in [1.807, 2.05) is 42.2 Å². The largest absolute Gasteiger partial charge is 0.338 e. The van der Waals surface area contributed by atoms with Gasteiger partial charge in [0.2, 0.25) is 0 Å². The second kappa shape index (κ2) is 9.30. The SMILES string of the molecule is C[C@@H](CC(=O)[C@H]1CCCN1c1nc2c(=O)[nH]c(C(F)(F)c3ccccc3)nc2s1)c1ccccc1. The van der Waals surface area contributed by atoms with Crippen molar-refractivity contribution < 1.29 is 13.6 Å². The standard InChI is InChI=1S/C26H24F2N4O2S/c1-16(17-9-4-2-5-10-17)15-20(33)19-13-8-14-32(19)25-29-21-22(34)30-24(31-23(21)35-25)26(27,28)18-11-6-3-7-12-18/h2-7,9-12,16,19H,8,13-15H2,1H3,(H,30,31,34)/t16-,19+/m0/s1. The number of aromatic nitrogens is 3. The number of hydrogen-bond acceptors (Lipinski definition) is 6. The highest BCUT2D eigenvalue weighted by Crippen LogP contribution is 2.36. The summed E-state index contributed by atoms with van der Waals surface area (Å²) in [6.07, 6.45) is 1.90. The van der Waals surface area contributed by atoms with Gasteiger partial charge in [0.1, 0.15) is 0 Å². The van der Waals surface area contributed by atoms with Gasteiger partial charge in [0.15, 0.2) is 27.1 Å². The van der Waals surface area contributed by atoms with Gasteiger partial charge in [-0.1, -0.05) is 78.9 Å². The molecule has 1 aliphatic heterocycles. The van der Waals surface area contributed by atoms with E-state index in [1.165, 1.54) is 24.3 Å². The molecule has 3 heterocycles. The Morgan fingerprint density at radius 3 is 2.54 bits per heavy atom. The maximum atomic E-state index is 15.0. The molecule has 0 amide bonds. The fourth-order valence-corrected chi connectivity index (χ4v) is 5.56. The van der Waals surface area contributed by atoms with E-state index in [0.29, 0.717) is 24.5 Å². The predicted molar refractivity (Wildman–Crippen MR) is 132 cm³/mol. The van der Waals surface area contributed by atoms with Gasteiger partial charge in [0, 0.05) is 18.5 Å². The topological polar surface area (TPSA) is 79.0 Å². The van der Waals surface area contributed by atoms with Crippen molar-refractivity contribution in [3.63, 3.8) is 0 Å². The number of fused-ring (bicyclic) bond motifs is 1. The van der Waals surface area contributed by atoms with Gasteiger partial charge in [-0.25, -0.2) is 9.97 Å². The molecule has 4 aromatic rings. The number of rotatable bonds is 7. The third-order valence-electron chi connectivity index (χ3n) is 6.44. The molecule has 1 fully saturated rings. The minimum Gasteiger partial charge on any atom is -0.338 e. The van der Waals surface area contributed by atoms with Crippen LogP contribution < -0.4 is 10.5 Å². The van der Waals surface area contributed by atoms with E-state index in [0.717, 1.165) is 23.3 Å². The van der Waals surface area contributed by atoms with Crippen LogP contribution in [0.1, 0.15) is 49.1 Å². The molecule has 0 saturated carbocycles. The lowest BCUT2D eigenvalue weighted by atomic mass is 9.93. The fraction of sp³-hybridized carbons (Fsp3) is 0.308. The van der Waals surface area contributed by atoms with Gasteiger partial charge in [0.25, 0.3) is 5.56 Å². The molecule has 0 spiro atoms. The minimum absolute atomic E-state index is 0.00774. The molecule has 180 valence electrons. The Kier molecular flexibility index (Phi) is 6.19. The third kappa shape index (κ3) is 4.48. The van der Waals surface area contributed by atoms with Crippen LogP contribution in [0.15, 0.2) is 65.5 Å². The summed E-state index contributed by atoms with van der Waals surface area (Å²) in [5, 5.41) is 0.460. The van der Waals surface area contributed by atoms with Crippen molar-refractivity contribution in [1.29, 1.82) is 0 Å². The zero-order valence-corrected chi connectivity index (χ0v) is 19.9. The van der Waals surface area contributed by atoms with Crippen molar-refractivity contribution in [1.82, 2.24) is 15.0 Å². The summed E-state index contributed by atoms with van der Waals surface area (Å²) < 4.78 is 30.1. The third-order valence-corrected chi connectivity index (χ3v) is 7.42.